The number of benzene rings is 3. The molecule has 3 aromatic rings. The van der Waals surface area contributed by atoms with Crippen LogP contribution < -0.4 is 20.1 Å². The van der Waals surface area contributed by atoms with E-state index in [9.17, 15) is 9.59 Å². The lowest BCUT2D eigenvalue weighted by atomic mass is 10.1. The molecular weight excluding hydrogens is 356 g/mol. The summed E-state index contributed by atoms with van der Waals surface area (Å²) < 4.78 is 10.4. The first-order valence-corrected chi connectivity index (χ1v) is 8.60. The first kappa shape index (κ1) is 19.0. The maximum absolute atomic E-state index is 12.6. The lowest BCUT2D eigenvalue weighted by Crippen LogP contribution is -2.14. The van der Waals surface area contributed by atoms with E-state index in [1.54, 1.807) is 66.7 Å². The summed E-state index contributed by atoms with van der Waals surface area (Å²) in [7, 11) is 3.05. The van der Waals surface area contributed by atoms with Gasteiger partial charge in [-0.05, 0) is 42.5 Å². The minimum Gasteiger partial charge on any atom is -0.497 e. The second-order valence-corrected chi connectivity index (χ2v) is 5.96. The second-order valence-electron chi connectivity index (χ2n) is 5.96. The zero-order chi connectivity index (χ0) is 19.9. The molecule has 3 aromatic carbocycles. The summed E-state index contributed by atoms with van der Waals surface area (Å²) in [6.07, 6.45) is 0. The van der Waals surface area contributed by atoms with Crippen molar-refractivity contribution in [3.8, 4) is 11.5 Å². The Labute approximate surface area is 163 Å². The fourth-order valence-corrected chi connectivity index (χ4v) is 2.61. The van der Waals surface area contributed by atoms with Gasteiger partial charge in [0.1, 0.15) is 11.5 Å². The number of anilines is 2. The molecule has 0 bridgehead atoms. The standard InChI is InChI=1S/C22H20N2O4/c1-27-19-11-16(12-20(14-19)28-2)22(26)24-18-10-6-9-17(13-18)23-21(25)15-7-4-3-5-8-15/h3-14H,1-2H3,(H,23,25)(H,24,26). The van der Waals surface area contributed by atoms with E-state index in [1.165, 1.54) is 14.2 Å². The average Bonchev–Trinajstić information content (AvgIpc) is 2.74. The Bertz CT molecular complexity index is 965. The van der Waals surface area contributed by atoms with Crippen molar-refractivity contribution in [2.75, 3.05) is 24.9 Å². The van der Waals surface area contributed by atoms with Crippen molar-refractivity contribution < 1.29 is 19.1 Å². The van der Waals surface area contributed by atoms with Crippen LogP contribution in [0.5, 0.6) is 11.5 Å². The molecule has 3 rings (SSSR count). The minimum absolute atomic E-state index is 0.221. The van der Waals surface area contributed by atoms with Gasteiger partial charge in [-0.25, -0.2) is 0 Å². The van der Waals surface area contributed by atoms with Crippen molar-refractivity contribution in [3.63, 3.8) is 0 Å². The van der Waals surface area contributed by atoms with Crippen LogP contribution in [0.15, 0.2) is 72.8 Å². The van der Waals surface area contributed by atoms with Gasteiger partial charge < -0.3 is 20.1 Å². The Kier molecular flexibility index (Phi) is 5.91. The summed E-state index contributed by atoms with van der Waals surface area (Å²) in [5.74, 6) is 0.507. The number of ether oxygens (including phenoxy) is 2. The Balaban J connectivity index is 1.74. The molecule has 28 heavy (non-hydrogen) atoms. The first-order valence-electron chi connectivity index (χ1n) is 8.60. The lowest BCUT2D eigenvalue weighted by molar-refractivity contribution is 0.101. The molecule has 0 unspecified atom stereocenters. The third-order valence-electron chi connectivity index (χ3n) is 4.03. The number of amides is 2. The van der Waals surface area contributed by atoms with Gasteiger partial charge in [0.2, 0.25) is 0 Å². The molecule has 2 amide bonds. The van der Waals surface area contributed by atoms with E-state index in [0.717, 1.165) is 0 Å². The maximum Gasteiger partial charge on any atom is 0.255 e. The van der Waals surface area contributed by atoms with E-state index in [-0.39, 0.29) is 11.8 Å². The van der Waals surface area contributed by atoms with Gasteiger partial charge in [-0.15, -0.1) is 0 Å². The van der Waals surface area contributed by atoms with Crippen LogP contribution in [0.4, 0.5) is 11.4 Å². The number of carbonyl (C=O) groups is 2. The highest BCUT2D eigenvalue weighted by Crippen LogP contribution is 2.24. The molecule has 2 N–H and O–H groups in total. The van der Waals surface area contributed by atoms with E-state index in [1.807, 2.05) is 6.07 Å². The molecule has 0 saturated carbocycles. The first-order chi connectivity index (χ1) is 13.6. The van der Waals surface area contributed by atoms with Gasteiger partial charge in [0.05, 0.1) is 14.2 Å². The van der Waals surface area contributed by atoms with Crippen LogP contribution in [-0.2, 0) is 0 Å². The molecule has 0 radical (unpaired) electrons. The summed E-state index contributed by atoms with van der Waals surface area (Å²) >= 11 is 0. The predicted molar refractivity (Wildman–Crippen MR) is 108 cm³/mol. The molecular formula is C22H20N2O4. The predicted octanol–water partition coefficient (Wildman–Crippen LogP) is 4.21. The Morgan fingerprint density at radius 3 is 1.71 bits per heavy atom. The lowest BCUT2D eigenvalue weighted by Gasteiger charge is -2.11. The third-order valence-corrected chi connectivity index (χ3v) is 4.03. The Morgan fingerprint density at radius 1 is 0.643 bits per heavy atom. The maximum atomic E-state index is 12.6. The average molecular weight is 376 g/mol. The molecule has 0 spiro atoms. The topological polar surface area (TPSA) is 76.7 Å². The molecule has 0 aromatic heterocycles. The van der Waals surface area contributed by atoms with Crippen molar-refractivity contribution in [1.82, 2.24) is 0 Å². The fourth-order valence-electron chi connectivity index (χ4n) is 2.61. The summed E-state index contributed by atoms with van der Waals surface area (Å²) in [5.41, 5.74) is 2.09. The quantitative estimate of drug-likeness (QED) is 0.676. The molecule has 0 saturated heterocycles. The molecule has 142 valence electrons. The summed E-state index contributed by atoms with van der Waals surface area (Å²) in [4.78, 5) is 24.9. The molecule has 0 aliphatic rings. The highest BCUT2D eigenvalue weighted by Gasteiger charge is 2.11. The molecule has 0 heterocycles. The zero-order valence-electron chi connectivity index (χ0n) is 15.6. The summed E-state index contributed by atoms with van der Waals surface area (Å²) in [6, 6.07) is 20.8. The smallest absolute Gasteiger partial charge is 0.255 e. The third kappa shape index (κ3) is 4.67. The Hall–Kier alpha value is -3.80. The van der Waals surface area contributed by atoms with Gasteiger partial charge in [0.15, 0.2) is 0 Å². The minimum atomic E-state index is -0.316. The van der Waals surface area contributed by atoms with Crippen LogP contribution in [0.2, 0.25) is 0 Å². The molecule has 0 aliphatic heterocycles. The van der Waals surface area contributed by atoms with Crippen molar-refractivity contribution in [1.29, 1.82) is 0 Å². The van der Waals surface area contributed by atoms with Crippen molar-refractivity contribution in [2.45, 2.75) is 0 Å². The number of nitrogens with one attached hydrogen (secondary N) is 2. The molecule has 0 atom stereocenters. The van der Waals surface area contributed by atoms with Crippen molar-refractivity contribution in [2.24, 2.45) is 0 Å². The van der Waals surface area contributed by atoms with Gasteiger partial charge in [-0.2, -0.15) is 0 Å². The highest BCUT2D eigenvalue weighted by atomic mass is 16.5. The highest BCUT2D eigenvalue weighted by molar-refractivity contribution is 6.06. The van der Waals surface area contributed by atoms with E-state index in [2.05, 4.69) is 10.6 Å². The normalized spacial score (nSPS) is 10.1. The van der Waals surface area contributed by atoms with Crippen LogP contribution in [0.3, 0.4) is 0 Å². The molecule has 0 fully saturated rings. The van der Waals surface area contributed by atoms with Crippen LogP contribution in [0, 0.1) is 0 Å². The molecule has 6 heteroatoms. The van der Waals surface area contributed by atoms with Crippen molar-refractivity contribution >= 4 is 23.2 Å². The van der Waals surface area contributed by atoms with Gasteiger partial charge >= 0.3 is 0 Å². The van der Waals surface area contributed by atoms with Gasteiger partial charge in [-0.1, -0.05) is 24.3 Å². The number of hydrogen-bond donors (Lipinski definition) is 2. The van der Waals surface area contributed by atoms with E-state index < -0.39 is 0 Å². The summed E-state index contributed by atoms with van der Waals surface area (Å²) in [5, 5.41) is 5.63. The molecule has 6 nitrogen and oxygen atoms in total. The Morgan fingerprint density at radius 2 is 1.18 bits per heavy atom. The second kappa shape index (κ2) is 8.73. The van der Waals surface area contributed by atoms with Gasteiger partial charge in [0.25, 0.3) is 11.8 Å². The zero-order valence-corrected chi connectivity index (χ0v) is 15.6. The number of hydrogen-bond acceptors (Lipinski definition) is 4. The van der Waals surface area contributed by atoms with Crippen molar-refractivity contribution in [3.05, 3.63) is 83.9 Å². The largest absolute Gasteiger partial charge is 0.497 e. The van der Waals surface area contributed by atoms with Crippen LogP contribution in [-0.4, -0.2) is 26.0 Å². The van der Waals surface area contributed by atoms with Crippen LogP contribution in [0.25, 0.3) is 0 Å². The van der Waals surface area contributed by atoms with Crippen LogP contribution >= 0.6 is 0 Å². The number of rotatable bonds is 6. The number of carbonyl (C=O) groups excluding carboxylic acids is 2. The van der Waals surface area contributed by atoms with Gasteiger partial charge in [-0.3, -0.25) is 9.59 Å². The van der Waals surface area contributed by atoms with Crippen LogP contribution in [0.1, 0.15) is 20.7 Å². The van der Waals surface area contributed by atoms with E-state index >= 15 is 0 Å². The SMILES string of the molecule is COc1cc(OC)cc(C(=O)Nc2cccc(NC(=O)c3ccccc3)c2)c1. The monoisotopic (exact) mass is 376 g/mol. The van der Waals surface area contributed by atoms with E-state index in [0.29, 0.717) is 34.0 Å². The fraction of sp³-hybridized carbons (Fsp3) is 0.0909. The molecule has 0 aliphatic carbocycles. The number of methoxy groups -OCH3 is 2. The summed E-state index contributed by atoms with van der Waals surface area (Å²) in [6.45, 7) is 0. The van der Waals surface area contributed by atoms with E-state index in [4.69, 9.17) is 9.47 Å². The van der Waals surface area contributed by atoms with Gasteiger partial charge in [0, 0.05) is 28.6 Å².